The van der Waals surface area contributed by atoms with Crippen LogP contribution in [0.2, 0.25) is 0 Å². The molecule has 1 aromatic rings. The van der Waals surface area contributed by atoms with Crippen LogP contribution in [0.1, 0.15) is 12.5 Å². The van der Waals surface area contributed by atoms with Gasteiger partial charge in [0, 0.05) is 26.7 Å². The predicted molar refractivity (Wildman–Crippen MR) is 80.9 cm³/mol. The summed E-state index contributed by atoms with van der Waals surface area (Å²) in [5.41, 5.74) is 1.30. The quantitative estimate of drug-likeness (QED) is 0.851. The number of hydrogen-bond acceptors (Lipinski definition) is 4. The van der Waals surface area contributed by atoms with E-state index in [0.717, 1.165) is 19.6 Å². The van der Waals surface area contributed by atoms with E-state index >= 15 is 0 Å². The SMILES string of the molecule is COCC(=O)NC(C)C1CN(Cc2ccccc2)CCO1. The Bertz CT molecular complexity index is 438. The van der Waals surface area contributed by atoms with E-state index in [2.05, 4.69) is 34.5 Å². The number of methoxy groups -OCH3 is 1. The lowest BCUT2D eigenvalue weighted by Gasteiger charge is -2.36. The summed E-state index contributed by atoms with van der Waals surface area (Å²) in [5.74, 6) is -0.103. The van der Waals surface area contributed by atoms with Gasteiger partial charge in [-0.2, -0.15) is 0 Å². The summed E-state index contributed by atoms with van der Waals surface area (Å²) in [6, 6.07) is 10.4. The molecule has 1 fully saturated rings. The van der Waals surface area contributed by atoms with Gasteiger partial charge in [-0.1, -0.05) is 30.3 Å². The number of ether oxygens (including phenoxy) is 2. The van der Waals surface area contributed by atoms with Crippen LogP contribution in [-0.2, 0) is 20.8 Å². The fraction of sp³-hybridized carbons (Fsp3) is 0.562. The number of benzene rings is 1. The normalized spacial score (nSPS) is 21.0. The van der Waals surface area contributed by atoms with E-state index in [-0.39, 0.29) is 24.7 Å². The molecule has 2 atom stereocenters. The van der Waals surface area contributed by atoms with Crippen LogP contribution in [-0.4, -0.2) is 56.4 Å². The molecule has 2 unspecified atom stereocenters. The minimum Gasteiger partial charge on any atom is -0.375 e. The zero-order valence-electron chi connectivity index (χ0n) is 12.7. The number of carbonyl (C=O) groups excluding carboxylic acids is 1. The van der Waals surface area contributed by atoms with Gasteiger partial charge >= 0.3 is 0 Å². The highest BCUT2D eigenvalue weighted by atomic mass is 16.5. The monoisotopic (exact) mass is 292 g/mol. The largest absolute Gasteiger partial charge is 0.375 e. The van der Waals surface area contributed by atoms with Gasteiger partial charge in [0.25, 0.3) is 0 Å². The van der Waals surface area contributed by atoms with E-state index < -0.39 is 0 Å². The molecule has 0 bridgehead atoms. The van der Waals surface area contributed by atoms with Crippen molar-refractivity contribution in [3.8, 4) is 0 Å². The van der Waals surface area contributed by atoms with Crippen LogP contribution in [0.3, 0.4) is 0 Å². The van der Waals surface area contributed by atoms with E-state index in [1.165, 1.54) is 12.7 Å². The second-order valence-corrected chi connectivity index (χ2v) is 5.42. The lowest BCUT2D eigenvalue weighted by atomic mass is 10.1. The first kappa shape index (κ1) is 15.9. The molecule has 0 aromatic heterocycles. The molecule has 5 heteroatoms. The Hall–Kier alpha value is -1.43. The van der Waals surface area contributed by atoms with E-state index in [1.807, 2.05) is 13.0 Å². The summed E-state index contributed by atoms with van der Waals surface area (Å²) < 4.78 is 10.6. The summed E-state index contributed by atoms with van der Waals surface area (Å²) in [7, 11) is 1.52. The predicted octanol–water partition coefficient (Wildman–Crippen LogP) is 1.04. The zero-order chi connectivity index (χ0) is 15.1. The molecule has 21 heavy (non-hydrogen) atoms. The van der Waals surface area contributed by atoms with E-state index in [9.17, 15) is 4.79 Å². The van der Waals surface area contributed by atoms with Crippen molar-refractivity contribution in [1.29, 1.82) is 0 Å². The van der Waals surface area contributed by atoms with Crippen LogP contribution >= 0.6 is 0 Å². The van der Waals surface area contributed by atoms with Gasteiger partial charge in [-0.05, 0) is 12.5 Å². The van der Waals surface area contributed by atoms with Crippen molar-refractivity contribution < 1.29 is 14.3 Å². The molecule has 1 saturated heterocycles. The number of nitrogens with one attached hydrogen (secondary N) is 1. The topological polar surface area (TPSA) is 50.8 Å². The molecule has 1 aliphatic heterocycles. The van der Waals surface area contributed by atoms with Crippen molar-refractivity contribution in [3.05, 3.63) is 35.9 Å². The zero-order valence-corrected chi connectivity index (χ0v) is 12.7. The number of hydrogen-bond donors (Lipinski definition) is 1. The molecule has 0 spiro atoms. The Morgan fingerprint density at radius 3 is 2.95 bits per heavy atom. The average molecular weight is 292 g/mol. The highest BCUT2D eigenvalue weighted by Crippen LogP contribution is 2.12. The minimum atomic E-state index is -0.103. The molecule has 1 aromatic carbocycles. The first-order valence-corrected chi connectivity index (χ1v) is 7.35. The molecule has 1 N–H and O–H groups in total. The van der Waals surface area contributed by atoms with Gasteiger partial charge in [0.2, 0.25) is 5.91 Å². The van der Waals surface area contributed by atoms with E-state index in [0.29, 0.717) is 6.61 Å². The van der Waals surface area contributed by atoms with Crippen molar-refractivity contribution in [2.75, 3.05) is 33.4 Å². The van der Waals surface area contributed by atoms with Crippen LogP contribution in [0.4, 0.5) is 0 Å². The van der Waals surface area contributed by atoms with Gasteiger partial charge in [-0.3, -0.25) is 9.69 Å². The first-order valence-electron chi connectivity index (χ1n) is 7.35. The van der Waals surface area contributed by atoms with Crippen molar-refractivity contribution in [3.63, 3.8) is 0 Å². The fourth-order valence-corrected chi connectivity index (χ4v) is 2.54. The van der Waals surface area contributed by atoms with Crippen LogP contribution in [0.15, 0.2) is 30.3 Å². The second-order valence-electron chi connectivity index (χ2n) is 5.42. The summed E-state index contributed by atoms with van der Waals surface area (Å²) in [4.78, 5) is 13.9. The highest BCUT2D eigenvalue weighted by Gasteiger charge is 2.26. The maximum atomic E-state index is 11.6. The molecule has 2 rings (SSSR count). The van der Waals surface area contributed by atoms with Crippen molar-refractivity contribution in [2.45, 2.75) is 25.6 Å². The summed E-state index contributed by atoms with van der Waals surface area (Å²) >= 11 is 0. The number of rotatable bonds is 6. The molecular weight excluding hydrogens is 268 g/mol. The maximum absolute atomic E-state index is 11.6. The van der Waals surface area contributed by atoms with Gasteiger partial charge in [0.05, 0.1) is 18.8 Å². The summed E-state index contributed by atoms with van der Waals surface area (Å²) in [5, 5.41) is 2.92. The van der Waals surface area contributed by atoms with Crippen LogP contribution in [0.5, 0.6) is 0 Å². The maximum Gasteiger partial charge on any atom is 0.246 e. The standard InChI is InChI=1S/C16H24N2O3/c1-13(17-16(19)12-20-2)15-11-18(8-9-21-15)10-14-6-4-3-5-7-14/h3-7,13,15H,8-12H2,1-2H3,(H,17,19). The molecule has 0 radical (unpaired) electrons. The third-order valence-electron chi connectivity index (χ3n) is 3.65. The average Bonchev–Trinajstić information content (AvgIpc) is 2.49. The van der Waals surface area contributed by atoms with Crippen molar-refractivity contribution in [2.24, 2.45) is 0 Å². The molecule has 5 nitrogen and oxygen atoms in total. The molecule has 1 heterocycles. The minimum absolute atomic E-state index is 0.0169. The van der Waals surface area contributed by atoms with E-state index in [4.69, 9.17) is 9.47 Å². The number of carbonyl (C=O) groups is 1. The Morgan fingerprint density at radius 2 is 2.24 bits per heavy atom. The third-order valence-corrected chi connectivity index (χ3v) is 3.65. The van der Waals surface area contributed by atoms with Crippen molar-refractivity contribution >= 4 is 5.91 Å². The van der Waals surface area contributed by atoms with Crippen LogP contribution in [0, 0.1) is 0 Å². The van der Waals surface area contributed by atoms with Crippen LogP contribution in [0.25, 0.3) is 0 Å². The van der Waals surface area contributed by atoms with Crippen molar-refractivity contribution in [1.82, 2.24) is 10.2 Å². The van der Waals surface area contributed by atoms with Gasteiger partial charge in [0.15, 0.2) is 0 Å². The Labute approximate surface area is 126 Å². The van der Waals surface area contributed by atoms with Gasteiger partial charge in [-0.15, -0.1) is 0 Å². The first-order chi connectivity index (χ1) is 10.2. The summed E-state index contributed by atoms with van der Waals surface area (Å²) in [6.45, 7) is 5.42. The molecule has 1 aliphatic rings. The molecule has 1 amide bonds. The summed E-state index contributed by atoms with van der Waals surface area (Å²) in [6.07, 6.45) is 0.0169. The Balaban J connectivity index is 1.84. The van der Waals surface area contributed by atoms with Crippen LogP contribution < -0.4 is 5.32 Å². The Morgan fingerprint density at radius 1 is 1.48 bits per heavy atom. The van der Waals surface area contributed by atoms with Gasteiger partial charge in [-0.25, -0.2) is 0 Å². The molecule has 0 aliphatic carbocycles. The molecule has 116 valence electrons. The number of nitrogens with zero attached hydrogens (tertiary/aromatic N) is 1. The lowest BCUT2D eigenvalue weighted by Crippen LogP contribution is -2.52. The molecular formula is C16H24N2O3. The number of morpholine rings is 1. The van der Waals surface area contributed by atoms with E-state index in [1.54, 1.807) is 0 Å². The molecule has 0 saturated carbocycles. The Kier molecular flexibility index (Phi) is 6.17. The van der Waals surface area contributed by atoms with Gasteiger partial charge < -0.3 is 14.8 Å². The lowest BCUT2D eigenvalue weighted by molar-refractivity contribution is -0.127. The highest BCUT2D eigenvalue weighted by molar-refractivity contribution is 5.77. The fourth-order valence-electron chi connectivity index (χ4n) is 2.54. The van der Waals surface area contributed by atoms with Gasteiger partial charge in [0.1, 0.15) is 6.61 Å². The number of amides is 1. The smallest absolute Gasteiger partial charge is 0.246 e. The second kappa shape index (κ2) is 8.12. The third kappa shape index (κ3) is 5.12.